The largest absolute Gasteiger partial charge is 0.344 e. The normalized spacial score (nSPS) is 16.2. The fourth-order valence-electron chi connectivity index (χ4n) is 4.16. The molecule has 1 aromatic heterocycles. The van der Waals surface area contributed by atoms with E-state index in [4.69, 9.17) is 0 Å². The fraction of sp³-hybridized carbons (Fsp3) is 0.308. The van der Waals surface area contributed by atoms with Gasteiger partial charge >= 0.3 is 0 Å². The summed E-state index contributed by atoms with van der Waals surface area (Å²) in [6, 6.07) is 17.9. The lowest BCUT2D eigenvalue weighted by molar-refractivity contribution is -0.126. The zero-order chi connectivity index (χ0) is 24.3. The number of benzene rings is 2. The van der Waals surface area contributed by atoms with Crippen LogP contribution in [0.5, 0.6) is 0 Å². The number of nitrogens with zero attached hydrogens (tertiary/aromatic N) is 1. The highest BCUT2D eigenvalue weighted by molar-refractivity contribution is 7.89. The first kappa shape index (κ1) is 24.3. The van der Waals surface area contributed by atoms with Gasteiger partial charge in [0.2, 0.25) is 15.9 Å². The van der Waals surface area contributed by atoms with E-state index in [1.165, 1.54) is 35.5 Å². The molecule has 8 heteroatoms. The van der Waals surface area contributed by atoms with Crippen molar-refractivity contribution in [3.8, 4) is 0 Å². The predicted molar refractivity (Wildman–Crippen MR) is 133 cm³/mol. The van der Waals surface area contributed by atoms with Crippen molar-refractivity contribution in [3.05, 3.63) is 87.6 Å². The van der Waals surface area contributed by atoms with E-state index >= 15 is 0 Å². The molecule has 0 unspecified atom stereocenters. The predicted octanol–water partition coefficient (Wildman–Crippen LogP) is 4.57. The molecule has 1 fully saturated rings. The van der Waals surface area contributed by atoms with Gasteiger partial charge in [0.15, 0.2) is 5.78 Å². The van der Waals surface area contributed by atoms with E-state index in [-0.39, 0.29) is 41.6 Å². The highest BCUT2D eigenvalue weighted by Gasteiger charge is 2.33. The fourth-order valence-corrected chi connectivity index (χ4v) is 6.43. The molecular weight excluding hydrogens is 468 g/mol. The third-order valence-electron chi connectivity index (χ3n) is 6.25. The van der Waals surface area contributed by atoms with Crippen LogP contribution in [0.1, 0.15) is 52.2 Å². The van der Waals surface area contributed by atoms with Gasteiger partial charge in [-0.1, -0.05) is 48.0 Å². The van der Waals surface area contributed by atoms with Gasteiger partial charge in [-0.3, -0.25) is 9.59 Å². The molecule has 1 aliphatic heterocycles. The van der Waals surface area contributed by atoms with Gasteiger partial charge in [0.1, 0.15) is 0 Å². The number of ketones is 1. The summed E-state index contributed by atoms with van der Waals surface area (Å²) in [5, 5.41) is 5.19. The number of aryl methyl sites for hydroxylation is 1. The van der Waals surface area contributed by atoms with Crippen LogP contribution in [0, 0.1) is 12.8 Å². The van der Waals surface area contributed by atoms with Crippen LogP contribution >= 0.6 is 11.3 Å². The Morgan fingerprint density at radius 3 is 2.21 bits per heavy atom. The molecule has 1 atom stereocenters. The molecule has 1 saturated heterocycles. The number of thiophene rings is 1. The van der Waals surface area contributed by atoms with Crippen LogP contribution in [0.3, 0.4) is 0 Å². The zero-order valence-electron chi connectivity index (χ0n) is 19.2. The van der Waals surface area contributed by atoms with E-state index in [1.807, 2.05) is 48.7 Å². The first-order chi connectivity index (χ1) is 16.3. The highest BCUT2D eigenvalue weighted by atomic mass is 32.2. The van der Waals surface area contributed by atoms with Gasteiger partial charge in [0, 0.05) is 29.4 Å². The summed E-state index contributed by atoms with van der Waals surface area (Å²) in [7, 11) is -3.67. The van der Waals surface area contributed by atoms with Gasteiger partial charge < -0.3 is 5.32 Å². The summed E-state index contributed by atoms with van der Waals surface area (Å²) in [6.07, 6.45) is 0.920. The van der Waals surface area contributed by atoms with Gasteiger partial charge in [0.25, 0.3) is 0 Å². The SMILES string of the molecule is CC(=O)c1ccc(S(=O)(=O)N2CCC(C(=O)N[C@@H](c3ccc(C)cc3)c3cccs3)CC2)cc1. The third kappa shape index (κ3) is 5.29. The maximum Gasteiger partial charge on any atom is 0.243 e. The number of hydrogen-bond donors (Lipinski definition) is 1. The van der Waals surface area contributed by atoms with E-state index in [2.05, 4.69) is 5.32 Å². The van der Waals surface area contributed by atoms with E-state index in [9.17, 15) is 18.0 Å². The molecule has 34 heavy (non-hydrogen) atoms. The van der Waals surface area contributed by atoms with E-state index in [0.29, 0.717) is 18.4 Å². The minimum Gasteiger partial charge on any atom is -0.344 e. The molecule has 6 nitrogen and oxygen atoms in total. The highest BCUT2D eigenvalue weighted by Crippen LogP contribution is 2.29. The molecule has 0 spiro atoms. The Morgan fingerprint density at radius 1 is 1.00 bits per heavy atom. The van der Waals surface area contributed by atoms with Crippen LogP contribution in [-0.2, 0) is 14.8 Å². The summed E-state index contributed by atoms with van der Waals surface area (Å²) in [5.74, 6) is -0.413. The number of hydrogen-bond acceptors (Lipinski definition) is 5. The second kappa shape index (κ2) is 10.2. The topological polar surface area (TPSA) is 83.6 Å². The average molecular weight is 497 g/mol. The average Bonchev–Trinajstić information content (AvgIpc) is 3.38. The Labute approximate surface area is 204 Å². The number of Topliss-reactive ketones (excluding diaryl/α,β-unsaturated/α-hetero) is 1. The molecule has 2 heterocycles. The molecule has 0 radical (unpaired) electrons. The number of rotatable bonds is 7. The van der Waals surface area contributed by atoms with Crippen molar-refractivity contribution >= 4 is 33.1 Å². The van der Waals surface area contributed by atoms with Crippen molar-refractivity contribution < 1.29 is 18.0 Å². The molecule has 1 N–H and O–H groups in total. The molecule has 0 bridgehead atoms. The minimum atomic E-state index is -3.67. The second-order valence-corrected chi connectivity index (χ2v) is 11.5. The van der Waals surface area contributed by atoms with Gasteiger partial charge in [-0.25, -0.2) is 8.42 Å². The number of carbonyl (C=O) groups excluding carboxylic acids is 2. The Kier molecular flexibility index (Phi) is 7.30. The molecule has 178 valence electrons. The summed E-state index contributed by atoms with van der Waals surface area (Å²) in [6.45, 7) is 4.04. The number of sulfonamides is 1. The van der Waals surface area contributed by atoms with Gasteiger partial charge in [0.05, 0.1) is 10.9 Å². The van der Waals surface area contributed by atoms with Crippen LogP contribution in [-0.4, -0.2) is 37.5 Å². The van der Waals surface area contributed by atoms with Gasteiger partial charge in [-0.05, 0) is 55.8 Å². The van der Waals surface area contributed by atoms with Crippen LogP contribution < -0.4 is 5.32 Å². The Morgan fingerprint density at radius 2 is 1.65 bits per heavy atom. The van der Waals surface area contributed by atoms with Crippen molar-refractivity contribution in [2.24, 2.45) is 5.92 Å². The Bertz CT molecular complexity index is 1240. The zero-order valence-corrected chi connectivity index (χ0v) is 20.9. The molecular formula is C26H28N2O4S2. The van der Waals surface area contributed by atoms with E-state index in [1.54, 1.807) is 11.3 Å². The van der Waals surface area contributed by atoms with E-state index < -0.39 is 10.0 Å². The van der Waals surface area contributed by atoms with Gasteiger partial charge in [-0.15, -0.1) is 11.3 Å². The maximum absolute atomic E-state index is 13.2. The molecule has 0 aliphatic carbocycles. The minimum absolute atomic E-state index is 0.0539. The number of nitrogens with one attached hydrogen (secondary N) is 1. The Balaban J connectivity index is 1.42. The molecule has 1 amide bonds. The lowest BCUT2D eigenvalue weighted by atomic mass is 9.95. The lowest BCUT2D eigenvalue weighted by Gasteiger charge is -2.31. The number of piperidine rings is 1. The van der Waals surface area contributed by atoms with Crippen molar-refractivity contribution in [3.63, 3.8) is 0 Å². The second-order valence-electron chi connectivity index (χ2n) is 8.63. The third-order valence-corrected chi connectivity index (χ3v) is 9.10. The summed E-state index contributed by atoms with van der Waals surface area (Å²) >= 11 is 1.60. The van der Waals surface area contributed by atoms with Crippen molar-refractivity contribution in [1.29, 1.82) is 0 Å². The summed E-state index contributed by atoms with van der Waals surface area (Å²) in [5.41, 5.74) is 2.66. The molecule has 4 rings (SSSR count). The summed E-state index contributed by atoms with van der Waals surface area (Å²) < 4.78 is 27.5. The number of amides is 1. The van der Waals surface area contributed by atoms with Crippen LogP contribution in [0.2, 0.25) is 0 Å². The standard InChI is InChI=1S/C26H28N2O4S2/c1-18-5-7-21(8-6-18)25(24-4-3-17-33-24)27-26(30)22-13-15-28(16-14-22)34(31,32)23-11-9-20(10-12-23)19(2)29/h3-12,17,22,25H,13-16H2,1-2H3,(H,27,30)/t25-/m0/s1. The number of carbonyl (C=O) groups is 2. The van der Waals surface area contributed by atoms with Crippen LogP contribution in [0.15, 0.2) is 70.9 Å². The van der Waals surface area contributed by atoms with Gasteiger partial charge in [-0.2, -0.15) is 4.31 Å². The van der Waals surface area contributed by atoms with Crippen LogP contribution in [0.25, 0.3) is 0 Å². The van der Waals surface area contributed by atoms with Crippen molar-refractivity contribution in [2.75, 3.05) is 13.1 Å². The maximum atomic E-state index is 13.2. The van der Waals surface area contributed by atoms with E-state index in [0.717, 1.165) is 16.0 Å². The molecule has 3 aromatic rings. The Hall–Kier alpha value is -2.81. The summed E-state index contributed by atoms with van der Waals surface area (Å²) in [4.78, 5) is 25.9. The smallest absolute Gasteiger partial charge is 0.243 e. The van der Waals surface area contributed by atoms with Crippen LogP contribution in [0.4, 0.5) is 0 Å². The van der Waals surface area contributed by atoms with Crippen molar-refractivity contribution in [1.82, 2.24) is 9.62 Å². The first-order valence-corrected chi connectivity index (χ1v) is 13.6. The quantitative estimate of drug-likeness (QED) is 0.486. The lowest BCUT2D eigenvalue weighted by Crippen LogP contribution is -2.43. The monoisotopic (exact) mass is 496 g/mol. The molecule has 1 aliphatic rings. The first-order valence-electron chi connectivity index (χ1n) is 11.3. The van der Waals surface area contributed by atoms with Crippen molar-refractivity contribution in [2.45, 2.75) is 37.6 Å². The molecule has 0 saturated carbocycles. The molecule has 2 aromatic carbocycles.